The second-order valence-corrected chi connectivity index (χ2v) is 10.6. The highest BCUT2D eigenvalue weighted by Gasteiger charge is 2.29. The highest BCUT2D eigenvalue weighted by molar-refractivity contribution is 6.77. The largest absolute Gasteiger partial charge is 0.294 e. The van der Waals surface area contributed by atoms with Crippen LogP contribution < -0.4 is 0 Å². The molecule has 1 heterocycles. The van der Waals surface area contributed by atoms with Gasteiger partial charge < -0.3 is 0 Å². The summed E-state index contributed by atoms with van der Waals surface area (Å²) < 4.78 is 0. The minimum Gasteiger partial charge on any atom is -0.294 e. The van der Waals surface area contributed by atoms with E-state index < -0.39 is 8.07 Å². The molecule has 0 N–H and O–H groups in total. The first-order valence-corrected chi connectivity index (χ1v) is 9.17. The minimum atomic E-state index is -0.993. The molecular weight excluding hydrogens is 174 g/mol. The van der Waals surface area contributed by atoms with Crippen molar-refractivity contribution >= 4 is 13.8 Å². The molecule has 76 valence electrons. The van der Waals surface area contributed by atoms with Crippen LogP contribution >= 0.6 is 0 Å². The van der Waals surface area contributed by atoms with Crippen LogP contribution in [-0.2, 0) is 0 Å². The highest BCUT2D eigenvalue weighted by atomic mass is 28.3. The van der Waals surface area contributed by atoms with E-state index in [0.717, 1.165) is 5.67 Å². The van der Waals surface area contributed by atoms with Gasteiger partial charge in [0.15, 0.2) is 0 Å². The predicted octanol–water partition coefficient (Wildman–Crippen LogP) is 3.66. The van der Waals surface area contributed by atoms with Crippen molar-refractivity contribution in [1.82, 2.24) is 0 Å². The van der Waals surface area contributed by atoms with Crippen LogP contribution in [0.2, 0.25) is 19.6 Å². The lowest BCUT2D eigenvalue weighted by molar-refractivity contribution is 0.824. The maximum atomic E-state index is 4.88. The normalized spacial score (nSPS) is 23.4. The van der Waals surface area contributed by atoms with Gasteiger partial charge in [0.05, 0.1) is 8.07 Å². The van der Waals surface area contributed by atoms with Crippen LogP contribution in [0, 0.1) is 0 Å². The Morgan fingerprint density at radius 3 is 2.54 bits per heavy atom. The summed E-state index contributed by atoms with van der Waals surface area (Å²) in [6, 6.07) is 0. The Morgan fingerprint density at radius 1 is 1.38 bits per heavy atom. The average Bonchev–Trinajstić information content (AvgIpc) is 2.47. The zero-order valence-electron chi connectivity index (χ0n) is 9.56. The Hall–Kier alpha value is -0.113. The molecule has 0 fully saturated rings. The number of rotatable bonds is 4. The van der Waals surface area contributed by atoms with Crippen molar-refractivity contribution in [3.8, 4) is 0 Å². The highest BCUT2D eigenvalue weighted by Crippen LogP contribution is 2.24. The van der Waals surface area contributed by atoms with Crippen molar-refractivity contribution in [1.29, 1.82) is 0 Å². The summed E-state index contributed by atoms with van der Waals surface area (Å²) in [6.07, 6.45) is 6.52. The number of nitrogens with zero attached hydrogens (tertiary/aromatic N) is 1. The maximum absolute atomic E-state index is 4.88. The molecular formula is C11H23NSi. The number of aliphatic imine (C=N–C) groups is 1. The summed E-state index contributed by atoms with van der Waals surface area (Å²) in [6.45, 7) is 9.56. The third-order valence-electron chi connectivity index (χ3n) is 2.86. The molecule has 1 nitrogen and oxygen atoms in total. The second kappa shape index (κ2) is 4.40. The molecule has 0 amide bonds. The van der Waals surface area contributed by atoms with E-state index in [1.165, 1.54) is 37.8 Å². The SMILES string of the molecule is CCCCC1=NC([Si](C)(C)C)CC1. The first-order chi connectivity index (χ1) is 6.04. The van der Waals surface area contributed by atoms with Crippen LogP contribution in [0.3, 0.4) is 0 Å². The minimum absolute atomic E-state index is 0.722. The van der Waals surface area contributed by atoms with Crippen LogP contribution in [0.15, 0.2) is 4.99 Å². The van der Waals surface area contributed by atoms with E-state index in [9.17, 15) is 0 Å². The fourth-order valence-corrected chi connectivity index (χ4v) is 3.43. The van der Waals surface area contributed by atoms with Crippen LogP contribution in [0.25, 0.3) is 0 Å². The second-order valence-electron chi connectivity index (χ2n) is 5.22. The van der Waals surface area contributed by atoms with E-state index in [1.54, 1.807) is 0 Å². The van der Waals surface area contributed by atoms with Crippen molar-refractivity contribution in [2.75, 3.05) is 0 Å². The molecule has 1 aliphatic rings. The van der Waals surface area contributed by atoms with E-state index in [4.69, 9.17) is 4.99 Å². The summed E-state index contributed by atoms with van der Waals surface area (Å²) >= 11 is 0. The zero-order valence-corrected chi connectivity index (χ0v) is 10.6. The first kappa shape index (κ1) is 11.0. The molecule has 0 bridgehead atoms. The third-order valence-corrected chi connectivity index (χ3v) is 5.28. The van der Waals surface area contributed by atoms with Gasteiger partial charge in [0.1, 0.15) is 0 Å². The molecule has 1 unspecified atom stereocenters. The molecule has 13 heavy (non-hydrogen) atoms. The molecule has 1 rings (SSSR count). The molecule has 0 saturated carbocycles. The first-order valence-electron chi connectivity index (χ1n) is 5.59. The van der Waals surface area contributed by atoms with E-state index in [-0.39, 0.29) is 0 Å². The fourth-order valence-electron chi connectivity index (χ4n) is 1.85. The number of hydrogen-bond acceptors (Lipinski definition) is 1. The molecule has 0 spiro atoms. The van der Waals surface area contributed by atoms with Crippen molar-refractivity contribution < 1.29 is 0 Å². The van der Waals surface area contributed by atoms with Crippen molar-refractivity contribution in [3.63, 3.8) is 0 Å². The summed E-state index contributed by atoms with van der Waals surface area (Å²) in [4.78, 5) is 4.88. The Morgan fingerprint density at radius 2 is 2.08 bits per heavy atom. The molecule has 0 aromatic rings. The van der Waals surface area contributed by atoms with Gasteiger partial charge in [-0.15, -0.1) is 0 Å². The van der Waals surface area contributed by atoms with Crippen molar-refractivity contribution in [3.05, 3.63) is 0 Å². The van der Waals surface area contributed by atoms with E-state index in [1.807, 2.05) is 0 Å². The maximum Gasteiger partial charge on any atom is 0.0731 e. The van der Waals surface area contributed by atoms with Gasteiger partial charge in [-0.25, -0.2) is 0 Å². The molecule has 0 radical (unpaired) electrons. The van der Waals surface area contributed by atoms with Gasteiger partial charge in [0.25, 0.3) is 0 Å². The summed E-state index contributed by atoms with van der Waals surface area (Å²) in [5.74, 6) is 0. The van der Waals surface area contributed by atoms with E-state index >= 15 is 0 Å². The van der Waals surface area contributed by atoms with Crippen molar-refractivity contribution in [2.45, 2.75) is 64.3 Å². The molecule has 2 heteroatoms. The van der Waals surface area contributed by atoms with Crippen LogP contribution in [0.1, 0.15) is 39.0 Å². The predicted molar refractivity (Wildman–Crippen MR) is 63.3 cm³/mol. The molecule has 1 atom stereocenters. The standard InChI is InChI=1S/C11H23NSi/c1-5-6-7-10-8-9-11(12-10)13(2,3)4/h11H,5-9H2,1-4H3. The molecule has 0 aromatic heterocycles. The average molecular weight is 197 g/mol. The van der Waals surface area contributed by atoms with Crippen LogP contribution in [-0.4, -0.2) is 19.5 Å². The van der Waals surface area contributed by atoms with Crippen LogP contribution in [0.5, 0.6) is 0 Å². The van der Waals surface area contributed by atoms with Gasteiger partial charge in [-0.3, -0.25) is 4.99 Å². The van der Waals surface area contributed by atoms with Gasteiger partial charge in [-0.2, -0.15) is 0 Å². The van der Waals surface area contributed by atoms with E-state index in [2.05, 4.69) is 26.6 Å². The van der Waals surface area contributed by atoms with Gasteiger partial charge >= 0.3 is 0 Å². The summed E-state index contributed by atoms with van der Waals surface area (Å²) in [7, 11) is -0.993. The Bertz CT molecular complexity index is 191. The molecule has 0 aromatic carbocycles. The monoisotopic (exact) mass is 197 g/mol. The van der Waals surface area contributed by atoms with Crippen molar-refractivity contribution in [2.24, 2.45) is 4.99 Å². The lowest BCUT2D eigenvalue weighted by atomic mass is 10.1. The fraction of sp³-hybridized carbons (Fsp3) is 0.909. The van der Waals surface area contributed by atoms with E-state index in [0.29, 0.717) is 0 Å². The van der Waals surface area contributed by atoms with Crippen LogP contribution in [0.4, 0.5) is 0 Å². The van der Waals surface area contributed by atoms with Gasteiger partial charge in [-0.1, -0.05) is 33.0 Å². The van der Waals surface area contributed by atoms with Gasteiger partial charge in [0, 0.05) is 11.4 Å². The summed E-state index contributed by atoms with van der Waals surface area (Å²) in [5, 5.41) is 0. The summed E-state index contributed by atoms with van der Waals surface area (Å²) in [5.41, 5.74) is 2.23. The Kier molecular flexibility index (Phi) is 3.71. The quantitative estimate of drug-likeness (QED) is 0.610. The Labute approximate surface area is 83.7 Å². The zero-order chi connectivity index (χ0) is 9.90. The Balaban J connectivity index is 2.44. The molecule has 0 saturated heterocycles. The number of hydrogen-bond donors (Lipinski definition) is 0. The third kappa shape index (κ3) is 3.26. The molecule has 1 aliphatic heterocycles. The smallest absolute Gasteiger partial charge is 0.0731 e. The lowest BCUT2D eigenvalue weighted by Gasteiger charge is -2.21. The topological polar surface area (TPSA) is 12.4 Å². The molecule has 0 aliphatic carbocycles. The van der Waals surface area contributed by atoms with Gasteiger partial charge in [-0.05, 0) is 25.7 Å². The van der Waals surface area contributed by atoms with Gasteiger partial charge in [0.2, 0.25) is 0 Å². The lowest BCUT2D eigenvalue weighted by Crippen LogP contribution is -2.35. The number of unbranched alkanes of at least 4 members (excludes halogenated alkanes) is 1.